The summed E-state index contributed by atoms with van der Waals surface area (Å²) in [6.07, 6.45) is -4.58. The van der Waals surface area contributed by atoms with Crippen molar-refractivity contribution in [2.45, 2.75) is 6.18 Å². The Bertz CT molecular complexity index is 999. The molecule has 2 aromatic heterocycles. The van der Waals surface area contributed by atoms with Gasteiger partial charge in [0.1, 0.15) is 10.4 Å². The van der Waals surface area contributed by atoms with Gasteiger partial charge in [0, 0.05) is 11.6 Å². The molecule has 1 aromatic carbocycles. The summed E-state index contributed by atoms with van der Waals surface area (Å²) in [5.74, 6) is -0.395. The smallest absolute Gasteiger partial charge is 0.426 e. The van der Waals surface area contributed by atoms with Crippen LogP contribution in [0, 0.1) is 10.1 Å². The largest absolute Gasteiger partial charge is 0.493 e. The maximum absolute atomic E-state index is 13.1. The summed E-state index contributed by atoms with van der Waals surface area (Å²) >= 11 is 0.484. The summed E-state index contributed by atoms with van der Waals surface area (Å²) in [6, 6.07) is 3.54. The number of aromatic nitrogens is 2. The van der Waals surface area contributed by atoms with Crippen molar-refractivity contribution < 1.29 is 32.1 Å². The Kier molecular flexibility index (Phi) is 4.74. The summed E-state index contributed by atoms with van der Waals surface area (Å²) in [6.45, 7) is 0. The number of nitro benzene ring substituents is 1. The summed E-state index contributed by atoms with van der Waals surface area (Å²) in [4.78, 5) is 13.7. The van der Waals surface area contributed by atoms with Crippen LogP contribution in [0.3, 0.4) is 0 Å². The third-order valence-electron chi connectivity index (χ3n) is 3.52. The average Bonchev–Trinajstić information content (AvgIpc) is 3.28. The molecule has 0 bridgehead atoms. The van der Waals surface area contributed by atoms with Gasteiger partial charge in [-0.1, -0.05) is 5.16 Å². The highest BCUT2D eigenvalue weighted by molar-refractivity contribution is 7.10. The van der Waals surface area contributed by atoms with Crippen LogP contribution in [0.5, 0.6) is 11.5 Å². The Labute approximate surface area is 153 Å². The van der Waals surface area contributed by atoms with Crippen LogP contribution in [-0.4, -0.2) is 29.3 Å². The molecule has 0 fully saturated rings. The number of thiophene rings is 1. The zero-order valence-corrected chi connectivity index (χ0v) is 14.6. The molecule has 0 atom stereocenters. The molecule has 0 aliphatic rings. The molecule has 3 aromatic rings. The fraction of sp³-hybridized carbons (Fsp3) is 0.200. The average molecular weight is 401 g/mol. The monoisotopic (exact) mass is 401 g/mol. The van der Waals surface area contributed by atoms with Gasteiger partial charge >= 0.3 is 6.18 Å². The SMILES string of the molecule is COc1cc(-c2nc(-c3ccsc3C(F)(F)F)no2)c([N+](=O)[O-])cc1OC. The van der Waals surface area contributed by atoms with Crippen LogP contribution in [0.2, 0.25) is 0 Å². The number of ether oxygens (including phenoxy) is 2. The Morgan fingerprint density at radius 2 is 1.85 bits per heavy atom. The van der Waals surface area contributed by atoms with Gasteiger partial charge in [-0.05, 0) is 11.4 Å². The number of alkyl halides is 3. The number of methoxy groups -OCH3 is 2. The molecule has 142 valence electrons. The molecule has 0 unspecified atom stereocenters. The molecule has 2 heterocycles. The molecule has 0 aliphatic carbocycles. The van der Waals surface area contributed by atoms with Crippen molar-refractivity contribution in [2.75, 3.05) is 14.2 Å². The Balaban J connectivity index is 2.12. The van der Waals surface area contributed by atoms with Crippen molar-refractivity contribution in [3.05, 3.63) is 38.6 Å². The zero-order valence-electron chi connectivity index (χ0n) is 13.7. The van der Waals surface area contributed by atoms with Crippen molar-refractivity contribution >= 4 is 17.0 Å². The Morgan fingerprint density at radius 3 is 2.44 bits per heavy atom. The van der Waals surface area contributed by atoms with Crippen LogP contribution in [-0.2, 0) is 6.18 Å². The van der Waals surface area contributed by atoms with Gasteiger partial charge in [-0.3, -0.25) is 10.1 Å². The van der Waals surface area contributed by atoms with E-state index in [1.807, 2.05) is 0 Å². The molecule has 0 spiro atoms. The first kappa shape index (κ1) is 18.6. The minimum atomic E-state index is -4.58. The predicted octanol–water partition coefficient (Wildman–Crippen LogP) is 4.41. The highest BCUT2D eigenvalue weighted by atomic mass is 32.1. The summed E-state index contributed by atoms with van der Waals surface area (Å²) < 4.78 is 54.2. The molecule has 8 nitrogen and oxygen atoms in total. The van der Waals surface area contributed by atoms with Crippen molar-refractivity contribution in [2.24, 2.45) is 0 Å². The van der Waals surface area contributed by atoms with Crippen LogP contribution in [0.15, 0.2) is 28.1 Å². The van der Waals surface area contributed by atoms with Gasteiger partial charge in [0.15, 0.2) is 11.5 Å². The minimum absolute atomic E-state index is 0.102. The van der Waals surface area contributed by atoms with Crippen molar-refractivity contribution in [1.82, 2.24) is 10.1 Å². The Morgan fingerprint density at radius 1 is 1.19 bits per heavy atom. The lowest BCUT2D eigenvalue weighted by molar-refractivity contribution is -0.384. The first-order valence-electron chi connectivity index (χ1n) is 7.15. The molecular formula is C15H10F3N3O5S. The van der Waals surface area contributed by atoms with E-state index in [4.69, 9.17) is 14.0 Å². The van der Waals surface area contributed by atoms with E-state index in [9.17, 15) is 23.3 Å². The number of nitro groups is 1. The molecule has 27 heavy (non-hydrogen) atoms. The normalized spacial score (nSPS) is 11.4. The lowest BCUT2D eigenvalue weighted by atomic mass is 10.1. The fourth-order valence-corrected chi connectivity index (χ4v) is 3.10. The number of hydrogen-bond donors (Lipinski definition) is 0. The topological polar surface area (TPSA) is 101 Å². The third-order valence-corrected chi connectivity index (χ3v) is 4.48. The van der Waals surface area contributed by atoms with Gasteiger partial charge in [0.25, 0.3) is 11.6 Å². The van der Waals surface area contributed by atoms with Crippen LogP contribution in [0.1, 0.15) is 4.88 Å². The molecule has 3 rings (SSSR count). The van der Waals surface area contributed by atoms with Gasteiger partial charge in [0.05, 0.1) is 25.2 Å². The molecular weight excluding hydrogens is 391 g/mol. The van der Waals surface area contributed by atoms with Gasteiger partial charge in [-0.15, -0.1) is 11.3 Å². The van der Waals surface area contributed by atoms with Crippen molar-refractivity contribution in [3.8, 4) is 34.3 Å². The quantitative estimate of drug-likeness (QED) is 0.461. The second-order valence-corrected chi connectivity index (χ2v) is 5.98. The molecule has 0 amide bonds. The highest BCUT2D eigenvalue weighted by Crippen LogP contribution is 2.42. The maximum atomic E-state index is 13.1. The van der Waals surface area contributed by atoms with Crippen molar-refractivity contribution in [1.29, 1.82) is 0 Å². The Hall–Kier alpha value is -3.15. The van der Waals surface area contributed by atoms with E-state index in [0.717, 1.165) is 6.07 Å². The second-order valence-electron chi connectivity index (χ2n) is 5.07. The maximum Gasteiger partial charge on any atom is 0.426 e. The lowest BCUT2D eigenvalue weighted by Gasteiger charge is -2.08. The van der Waals surface area contributed by atoms with E-state index in [1.165, 1.54) is 31.7 Å². The van der Waals surface area contributed by atoms with E-state index in [-0.39, 0.29) is 34.3 Å². The van der Waals surface area contributed by atoms with E-state index in [2.05, 4.69) is 10.1 Å². The third kappa shape index (κ3) is 3.43. The first-order valence-corrected chi connectivity index (χ1v) is 8.03. The number of hydrogen-bond acceptors (Lipinski definition) is 8. The standard InChI is InChI=1S/C15H10F3N3O5S/c1-24-10-5-8(9(21(22)23)6-11(10)25-2)14-19-13(20-26-14)7-3-4-27-12(7)15(16,17)18/h3-6H,1-2H3. The molecule has 12 heteroatoms. The van der Waals surface area contributed by atoms with Gasteiger partial charge < -0.3 is 14.0 Å². The van der Waals surface area contributed by atoms with E-state index < -0.39 is 21.7 Å². The number of rotatable bonds is 5. The van der Waals surface area contributed by atoms with E-state index >= 15 is 0 Å². The summed E-state index contributed by atoms with van der Waals surface area (Å²) in [5, 5.41) is 16.1. The predicted molar refractivity (Wildman–Crippen MR) is 87.8 cm³/mol. The molecule has 0 aliphatic heterocycles. The number of benzene rings is 1. The molecule has 0 radical (unpaired) electrons. The van der Waals surface area contributed by atoms with Crippen LogP contribution in [0.4, 0.5) is 18.9 Å². The fourth-order valence-electron chi connectivity index (χ4n) is 2.34. The van der Waals surface area contributed by atoms with Gasteiger partial charge in [0.2, 0.25) is 5.82 Å². The lowest BCUT2D eigenvalue weighted by Crippen LogP contribution is -2.03. The second kappa shape index (κ2) is 6.87. The van der Waals surface area contributed by atoms with E-state index in [0.29, 0.717) is 11.3 Å². The molecule has 0 saturated carbocycles. The minimum Gasteiger partial charge on any atom is -0.493 e. The van der Waals surface area contributed by atoms with Gasteiger partial charge in [-0.25, -0.2) is 0 Å². The summed E-state index contributed by atoms with van der Waals surface area (Å²) in [5.41, 5.74) is -0.810. The summed E-state index contributed by atoms with van der Waals surface area (Å²) in [7, 11) is 2.63. The van der Waals surface area contributed by atoms with Crippen molar-refractivity contribution in [3.63, 3.8) is 0 Å². The van der Waals surface area contributed by atoms with Gasteiger partial charge in [-0.2, -0.15) is 18.2 Å². The zero-order chi connectivity index (χ0) is 19.8. The van der Waals surface area contributed by atoms with Crippen LogP contribution in [0.25, 0.3) is 22.8 Å². The van der Waals surface area contributed by atoms with Crippen LogP contribution < -0.4 is 9.47 Å². The number of nitrogens with zero attached hydrogens (tertiary/aromatic N) is 3. The van der Waals surface area contributed by atoms with E-state index in [1.54, 1.807) is 0 Å². The number of halogens is 3. The molecule has 0 N–H and O–H groups in total. The highest BCUT2D eigenvalue weighted by Gasteiger charge is 2.36. The van der Waals surface area contributed by atoms with Crippen LogP contribution >= 0.6 is 11.3 Å². The first-order chi connectivity index (χ1) is 12.8. The molecule has 0 saturated heterocycles.